The van der Waals surface area contributed by atoms with Crippen molar-refractivity contribution >= 4 is 11.6 Å². The number of hydrogen-bond donors (Lipinski definition) is 0. The van der Waals surface area contributed by atoms with Crippen molar-refractivity contribution in [2.45, 2.75) is 12.8 Å². The lowest BCUT2D eigenvalue weighted by molar-refractivity contribution is 0.171. The van der Waals surface area contributed by atoms with Gasteiger partial charge in [0.15, 0.2) is 0 Å². The molecule has 4 heteroatoms. The summed E-state index contributed by atoms with van der Waals surface area (Å²) in [5, 5.41) is 9.55. The van der Waals surface area contributed by atoms with Gasteiger partial charge >= 0.3 is 0 Å². The van der Waals surface area contributed by atoms with E-state index in [1.807, 2.05) is 0 Å². The van der Waals surface area contributed by atoms with Gasteiger partial charge in [-0.25, -0.2) is 4.39 Å². The molecule has 1 fully saturated rings. The van der Waals surface area contributed by atoms with Crippen molar-refractivity contribution in [1.29, 1.82) is 5.26 Å². The molecule has 16 heavy (non-hydrogen) atoms. The highest BCUT2D eigenvalue weighted by Gasteiger charge is 2.35. The van der Waals surface area contributed by atoms with Crippen molar-refractivity contribution < 1.29 is 9.13 Å². The highest BCUT2D eigenvalue weighted by molar-refractivity contribution is 6.31. The van der Waals surface area contributed by atoms with Crippen LogP contribution in [-0.2, 0) is 11.2 Å². The lowest BCUT2D eigenvalue weighted by Gasteiger charge is -2.18. The zero-order chi connectivity index (χ0) is 11.6. The monoisotopic (exact) mass is 239 g/mol. The van der Waals surface area contributed by atoms with Gasteiger partial charge in [0.1, 0.15) is 5.82 Å². The molecule has 1 aliphatic heterocycles. The van der Waals surface area contributed by atoms with Crippen molar-refractivity contribution in [3.8, 4) is 6.07 Å². The maximum Gasteiger partial charge on any atom is 0.124 e. The Bertz CT molecular complexity index is 435. The minimum absolute atomic E-state index is 0.359. The smallest absolute Gasteiger partial charge is 0.124 e. The van der Waals surface area contributed by atoms with Crippen LogP contribution in [0.15, 0.2) is 18.2 Å². The minimum Gasteiger partial charge on any atom is -0.380 e. The molecular weight excluding hydrogens is 229 g/mol. The summed E-state index contributed by atoms with van der Waals surface area (Å²) in [6, 6.07) is 6.56. The van der Waals surface area contributed by atoms with E-state index in [1.54, 1.807) is 6.07 Å². The first-order valence-corrected chi connectivity index (χ1v) is 5.46. The molecule has 0 saturated carbocycles. The molecule has 2 rings (SSSR count). The Balaban J connectivity index is 2.23. The average molecular weight is 240 g/mol. The Morgan fingerprint density at radius 1 is 1.56 bits per heavy atom. The van der Waals surface area contributed by atoms with Crippen molar-refractivity contribution in [3.63, 3.8) is 0 Å². The fourth-order valence-electron chi connectivity index (χ4n) is 1.90. The number of halogens is 2. The summed E-state index contributed by atoms with van der Waals surface area (Å²) >= 11 is 5.94. The quantitative estimate of drug-likeness (QED) is 0.795. The molecule has 1 unspecified atom stereocenters. The highest BCUT2D eigenvalue weighted by atomic mass is 35.5. The molecule has 1 heterocycles. The summed E-state index contributed by atoms with van der Waals surface area (Å²) < 4.78 is 18.1. The fourth-order valence-corrected chi connectivity index (χ4v) is 2.14. The lowest BCUT2D eigenvalue weighted by Crippen LogP contribution is -2.21. The van der Waals surface area contributed by atoms with Gasteiger partial charge in [-0.05, 0) is 30.5 Å². The third-order valence-corrected chi connectivity index (χ3v) is 3.24. The molecule has 0 amide bonds. The van der Waals surface area contributed by atoms with E-state index in [1.165, 1.54) is 12.1 Å². The Morgan fingerprint density at radius 3 is 2.94 bits per heavy atom. The van der Waals surface area contributed by atoms with Gasteiger partial charge in [0, 0.05) is 11.6 Å². The summed E-state index contributed by atoms with van der Waals surface area (Å²) in [5.74, 6) is -0.359. The van der Waals surface area contributed by atoms with Crippen LogP contribution >= 0.6 is 11.6 Å². The molecule has 1 saturated heterocycles. The van der Waals surface area contributed by atoms with Crippen LogP contribution in [0, 0.1) is 22.6 Å². The zero-order valence-electron chi connectivity index (χ0n) is 8.67. The average Bonchev–Trinajstić information content (AvgIpc) is 2.72. The third kappa shape index (κ3) is 2.18. The van der Waals surface area contributed by atoms with Crippen molar-refractivity contribution in [1.82, 2.24) is 0 Å². The van der Waals surface area contributed by atoms with Gasteiger partial charge in [-0.2, -0.15) is 5.26 Å². The molecule has 1 aromatic rings. The maximum absolute atomic E-state index is 12.9. The molecule has 0 aromatic heterocycles. The molecule has 84 valence electrons. The van der Waals surface area contributed by atoms with E-state index in [-0.39, 0.29) is 5.82 Å². The molecule has 2 nitrogen and oxygen atoms in total. The van der Waals surface area contributed by atoms with E-state index >= 15 is 0 Å². The summed E-state index contributed by atoms with van der Waals surface area (Å²) in [6.45, 7) is 1.03. The molecular formula is C12H11ClFNO. The van der Waals surface area contributed by atoms with Gasteiger partial charge in [-0.15, -0.1) is 0 Å². The predicted octanol–water partition coefficient (Wildman–Crippen LogP) is 2.95. The standard InChI is InChI=1S/C12H11ClFNO/c13-11-5-10(14)2-1-9(11)6-12(7-15)3-4-16-8-12/h1-2,5H,3-4,6,8H2. The van der Waals surface area contributed by atoms with Gasteiger partial charge in [0.25, 0.3) is 0 Å². The van der Waals surface area contributed by atoms with Gasteiger partial charge in [-0.3, -0.25) is 0 Å². The summed E-state index contributed by atoms with van der Waals surface area (Å²) in [5.41, 5.74) is 0.302. The maximum atomic E-state index is 12.9. The van der Waals surface area contributed by atoms with Gasteiger partial charge in [0.2, 0.25) is 0 Å². The largest absolute Gasteiger partial charge is 0.380 e. The van der Waals surface area contributed by atoms with Gasteiger partial charge in [-0.1, -0.05) is 17.7 Å². The number of hydrogen-bond acceptors (Lipinski definition) is 2. The summed E-state index contributed by atoms with van der Waals surface area (Å²) in [6.07, 6.45) is 1.22. The van der Waals surface area contributed by atoms with Crippen LogP contribution in [0.2, 0.25) is 5.02 Å². The van der Waals surface area contributed by atoms with E-state index in [9.17, 15) is 9.65 Å². The van der Waals surface area contributed by atoms with Gasteiger partial charge in [0.05, 0.1) is 18.1 Å². The second kappa shape index (κ2) is 4.40. The molecule has 1 aliphatic rings. The first kappa shape index (κ1) is 11.4. The van der Waals surface area contributed by atoms with Crippen LogP contribution in [0.5, 0.6) is 0 Å². The van der Waals surface area contributed by atoms with Crippen LogP contribution in [0.4, 0.5) is 4.39 Å². The van der Waals surface area contributed by atoms with E-state index in [2.05, 4.69) is 6.07 Å². The second-order valence-corrected chi connectivity index (χ2v) is 4.51. The van der Waals surface area contributed by atoms with Crippen LogP contribution < -0.4 is 0 Å². The molecule has 0 aliphatic carbocycles. The Kier molecular flexibility index (Phi) is 3.13. The first-order chi connectivity index (χ1) is 7.65. The normalized spacial score (nSPS) is 24.3. The summed E-state index contributed by atoms with van der Waals surface area (Å²) in [7, 11) is 0. The number of rotatable bonds is 2. The Hall–Kier alpha value is -1.11. The molecule has 0 radical (unpaired) electrons. The number of benzene rings is 1. The molecule has 0 bridgehead atoms. The molecule has 1 atom stereocenters. The third-order valence-electron chi connectivity index (χ3n) is 2.88. The molecule has 0 N–H and O–H groups in total. The van der Waals surface area contributed by atoms with E-state index in [0.29, 0.717) is 31.1 Å². The minimum atomic E-state index is -0.499. The van der Waals surface area contributed by atoms with E-state index < -0.39 is 5.41 Å². The number of nitriles is 1. The molecule has 1 aromatic carbocycles. The fraction of sp³-hybridized carbons (Fsp3) is 0.417. The molecule has 0 spiro atoms. The lowest BCUT2D eigenvalue weighted by atomic mass is 9.82. The van der Waals surface area contributed by atoms with E-state index in [4.69, 9.17) is 16.3 Å². The van der Waals surface area contributed by atoms with Crippen LogP contribution in [0.1, 0.15) is 12.0 Å². The van der Waals surface area contributed by atoms with Crippen molar-refractivity contribution in [3.05, 3.63) is 34.6 Å². The Morgan fingerprint density at radius 2 is 2.38 bits per heavy atom. The van der Waals surface area contributed by atoms with E-state index in [0.717, 1.165) is 5.56 Å². The highest BCUT2D eigenvalue weighted by Crippen LogP contribution is 2.34. The predicted molar refractivity (Wildman–Crippen MR) is 58.6 cm³/mol. The number of nitrogens with zero attached hydrogens (tertiary/aromatic N) is 1. The SMILES string of the molecule is N#CC1(Cc2ccc(F)cc2Cl)CCOC1. The topological polar surface area (TPSA) is 33.0 Å². The van der Waals surface area contributed by atoms with Crippen molar-refractivity contribution in [2.75, 3.05) is 13.2 Å². The van der Waals surface area contributed by atoms with Gasteiger partial charge < -0.3 is 4.74 Å². The van der Waals surface area contributed by atoms with Crippen LogP contribution in [0.25, 0.3) is 0 Å². The summed E-state index contributed by atoms with van der Waals surface area (Å²) in [4.78, 5) is 0. The zero-order valence-corrected chi connectivity index (χ0v) is 9.43. The first-order valence-electron chi connectivity index (χ1n) is 5.08. The van der Waals surface area contributed by atoms with Crippen LogP contribution in [0.3, 0.4) is 0 Å². The Labute approximate surface area is 98.6 Å². The van der Waals surface area contributed by atoms with Crippen LogP contribution in [-0.4, -0.2) is 13.2 Å². The number of ether oxygens (including phenoxy) is 1. The second-order valence-electron chi connectivity index (χ2n) is 4.11. The van der Waals surface area contributed by atoms with Crippen molar-refractivity contribution in [2.24, 2.45) is 5.41 Å².